The van der Waals surface area contributed by atoms with Gasteiger partial charge in [-0.05, 0) is 26.0 Å². The topological polar surface area (TPSA) is 44.8 Å². The van der Waals surface area contributed by atoms with E-state index in [0.29, 0.717) is 5.02 Å². The Morgan fingerprint density at radius 3 is 2.65 bits per heavy atom. The third kappa shape index (κ3) is 2.42. The average Bonchev–Trinajstić information content (AvgIpc) is 2.80. The van der Waals surface area contributed by atoms with E-state index in [1.54, 1.807) is 0 Å². The standard InChI is InChI=1S/C12H15ClN4/c1-3-17(4-2)12-11(14-16-15-12)9-6-5-7-10(13)8-9/h5-8H,3-4H2,1-2H3,(H,14,15,16). The molecule has 17 heavy (non-hydrogen) atoms. The van der Waals surface area contributed by atoms with Gasteiger partial charge < -0.3 is 4.90 Å². The Bertz CT molecular complexity index is 491. The van der Waals surface area contributed by atoms with Gasteiger partial charge in [0.15, 0.2) is 5.82 Å². The second-order valence-corrected chi connectivity index (χ2v) is 4.11. The number of hydrogen-bond acceptors (Lipinski definition) is 3. The summed E-state index contributed by atoms with van der Waals surface area (Å²) in [6.07, 6.45) is 0. The molecule has 4 nitrogen and oxygen atoms in total. The third-order valence-electron chi connectivity index (χ3n) is 2.69. The van der Waals surface area contributed by atoms with Crippen LogP contribution in [0, 0.1) is 0 Å². The van der Waals surface area contributed by atoms with Gasteiger partial charge in [0.1, 0.15) is 5.69 Å². The molecule has 0 saturated heterocycles. The Balaban J connectivity index is 2.43. The van der Waals surface area contributed by atoms with Gasteiger partial charge >= 0.3 is 0 Å². The van der Waals surface area contributed by atoms with Crippen LogP contribution in [0.3, 0.4) is 0 Å². The number of hydrogen-bond donors (Lipinski definition) is 1. The van der Waals surface area contributed by atoms with Gasteiger partial charge in [-0.15, -0.1) is 5.10 Å². The van der Waals surface area contributed by atoms with E-state index in [9.17, 15) is 0 Å². The van der Waals surface area contributed by atoms with Crippen LogP contribution in [0.5, 0.6) is 0 Å². The summed E-state index contributed by atoms with van der Waals surface area (Å²) in [5.74, 6) is 0.872. The molecule has 0 radical (unpaired) electrons. The van der Waals surface area contributed by atoms with E-state index in [0.717, 1.165) is 30.2 Å². The monoisotopic (exact) mass is 250 g/mol. The van der Waals surface area contributed by atoms with Crippen LogP contribution in [0.4, 0.5) is 5.82 Å². The van der Waals surface area contributed by atoms with Gasteiger partial charge in [0.2, 0.25) is 0 Å². The van der Waals surface area contributed by atoms with Gasteiger partial charge in [-0.3, -0.25) is 0 Å². The molecule has 0 fully saturated rings. The van der Waals surface area contributed by atoms with Gasteiger partial charge in [0, 0.05) is 23.7 Å². The van der Waals surface area contributed by atoms with Crippen molar-refractivity contribution in [2.75, 3.05) is 18.0 Å². The number of rotatable bonds is 4. The zero-order chi connectivity index (χ0) is 12.3. The summed E-state index contributed by atoms with van der Waals surface area (Å²) in [6.45, 7) is 5.99. The molecule has 0 aliphatic heterocycles. The highest BCUT2D eigenvalue weighted by molar-refractivity contribution is 6.30. The SMILES string of the molecule is CCN(CC)c1n[nH]nc1-c1cccc(Cl)c1. The van der Waals surface area contributed by atoms with E-state index in [1.807, 2.05) is 24.3 Å². The number of nitrogens with one attached hydrogen (secondary N) is 1. The molecule has 0 amide bonds. The van der Waals surface area contributed by atoms with E-state index in [2.05, 4.69) is 34.2 Å². The van der Waals surface area contributed by atoms with E-state index in [4.69, 9.17) is 11.6 Å². The molecule has 1 heterocycles. The Kier molecular flexibility index (Phi) is 3.64. The summed E-state index contributed by atoms with van der Waals surface area (Å²) >= 11 is 5.99. The van der Waals surface area contributed by atoms with E-state index < -0.39 is 0 Å². The lowest BCUT2D eigenvalue weighted by Gasteiger charge is -2.18. The molecule has 0 unspecified atom stereocenters. The van der Waals surface area contributed by atoms with Crippen molar-refractivity contribution in [3.8, 4) is 11.3 Å². The van der Waals surface area contributed by atoms with Crippen molar-refractivity contribution < 1.29 is 0 Å². The molecule has 0 saturated carbocycles. The van der Waals surface area contributed by atoms with Crippen molar-refractivity contribution in [2.24, 2.45) is 0 Å². The van der Waals surface area contributed by atoms with Gasteiger partial charge in [0.05, 0.1) is 0 Å². The van der Waals surface area contributed by atoms with E-state index >= 15 is 0 Å². The van der Waals surface area contributed by atoms with Crippen LogP contribution in [0.15, 0.2) is 24.3 Å². The van der Waals surface area contributed by atoms with Gasteiger partial charge in [-0.1, -0.05) is 23.7 Å². The van der Waals surface area contributed by atoms with Crippen LogP contribution in [0.1, 0.15) is 13.8 Å². The predicted molar refractivity (Wildman–Crippen MR) is 70.4 cm³/mol. The number of anilines is 1. The lowest BCUT2D eigenvalue weighted by Crippen LogP contribution is -2.22. The van der Waals surface area contributed by atoms with Gasteiger partial charge in [-0.2, -0.15) is 10.3 Å². The predicted octanol–water partition coefficient (Wildman–Crippen LogP) is 2.97. The van der Waals surface area contributed by atoms with Crippen LogP contribution in [0.25, 0.3) is 11.3 Å². The number of aromatic amines is 1. The smallest absolute Gasteiger partial charge is 0.178 e. The number of H-pyrrole nitrogens is 1. The first kappa shape index (κ1) is 11.9. The van der Waals surface area contributed by atoms with E-state index in [-0.39, 0.29) is 0 Å². The van der Waals surface area contributed by atoms with Crippen LogP contribution in [-0.2, 0) is 0 Å². The first-order chi connectivity index (χ1) is 8.26. The first-order valence-electron chi connectivity index (χ1n) is 5.68. The molecule has 0 atom stereocenters. The molecule has 1 N–H and O–H groups in total. The van der Waals surface area contributed by atoms with E-state index in [1.165, 1.54) is 0 Å². The highest BCUT2D eigenvalue weighted by Gasteiger charge is 2.14. The zero-order valence-corrected chi connectivity index (χ0v) is 10.7. The minimum absolute atomic E-state index is 0.705. The fourth-order valence-electron chi connectivity index (χ4n) is 1.80. The van der Waals surface area contributed by atoms with Crippen LogP contribution in [-0.4, -0.2) is 28.5 Å². The number of aromatic nitrogens is 3. The summed E-state index contributed by atoms with van der Waals surface area (Å²) < 4.78 is 0. The summed E-state index contributed by atoms with van der Waals surface area (Å²) in [6, 6.07) is 7.64. The minimum Gasteiger partial charge on any atom is -0.354 e. The number of halogens is 1. The fraction of sp³-hybridized carbons (Fsp3) is 0.333. The van der Waals surface area contributed by atoms with Gasteiger partial charge in [0.25, 0.3) is 0 Å². The molecule has 0 spiro atoms. The molecular weight excluding hydrogens is 236 g/mol. The highest BCUT2D eigenvalue weighted by atomic mass is 35.5. The molecule has 0 aliphatic rings. The van der Waals surface area contributed by atoms with Crippen molar-refractivity contribution >= 4 is 17.4 Å². The molecular formula is C12H15ClN4. The second-order valence-electron chi connectivity index (χ2n) is 3.68. The lowest BCUT2D eigenvalue weighted by atomic mass is 10.1. The Morgan fingerprint density at radius 2 is 2.00 bits per heavy atom. The largest absolute Gasteiger partial charge is 0.354 e. The maximum Gasteiger partial charge on any atom is 0.178 e. The zero-order valence-electron chi connectivity index (χ0n) is 9.94. The number of nitrogens with zero attached hydrogens (tertiary/aromatic N) is 3. The second kappa shape index (κ2) is 5.19. The Morgan fingerprint density at radius 1 is 1.24 bits per heavy atom. The van der Waals surface area contributed by atoms with Crippen LogP contribution in [0.2, 0.25) is 5.02 Å². The molecule has 2 rings (SSSR count). The van der Waals surface area contributed by atoms with Crippen LogP contribution >= 0.6 is 11.6 Å². The summed E-state index contributed by atoms with van der Waals surface area (Å²) in [5.41, 5.74) is 1.82. The molecule has 5 heteroatoms. The maximum absolute atomic E-state index is 5.99. The quantitative estimate of drug-likeness (QED) is 0.907. The lowest BCUT2D eigenvalue weighted by molar-refractivity contribution is 0.834. The number of benzene rings is 1. The van der Waals surface area contributed by atoms with Crippen molar-refractivity contribution in [1.29, 1.82) is 0 Å². The normalized spacial score (nSPS) is 10.5. The average molecular weight is 251 g/mol. The molecule has 0 bridgehead atoms. The van der Waals surface area contributed by atoms with Crippen molar-refractivity contribution in [3.63, 3.8) is 0 Å². The summed E-state index contributed by atoms with van der Waals surface area (Å²) in [7, 11) is 0. The molecule has 2 aromatic rings. The van der Waals surface area contributed by atoms with Crippen molar-refractivity contribution in [2.45, 2.75) is 13.8 Å². The molecule has 0 aliphatic carbocycles. The summed E-state index contributed by atoms with van der Waals surface area (Å²) in [5, 5.41) is 11.8. The molecule has 90 valence electrons. The minimum atomic E-state index is 0.705. The molecule has 1 aromatic carbocycles. The summed E-state index contributed by atoms with van der Waals surface area (Å²) in [4.78, 5) is 2.15. The first-order valence-corrected chi connectivity index (χ1v) is 6.05. The van der Waals surface area contributed by atoms with Crippen molar-refractivity contribution in [1.82, 2.24) is 15.4 Å². The highest BCUT2D eigenvalue weighted by Crippen LogP contribution is 2.27. The Labute approximate surface area is 106 Å². The Hall–Kier alpha value is -1.55. The fourth-order valence-corrected chi connectivity index (χ4v) is 1.99. The van der Waals surface area contributed by atoms with Gasteiger partial charge in [-0.25, -0.2) is 0 Å². The third-order valence-corrected chi connectivity index (χ3v) is 2.93. The van der Waals surface area contributed by atoms with Crippen molar-refractivity contribution in [3.05, 3.63) is 29.3 Å². The molecule has 1 aromatic heterocycles. The maximum atomic E-state index is 5.99. The van der Waals surface area contributed by atoms with Crippen LogP contribution < -0.4 is 4.90 Å².